The van der Waals surface area contributed by atoms with Gasteiger partial charge in [0.1, 0.15) is 6.61 Å². The molecule has 6 heteroatoms. The third-order valence-corrected chi connectivity index (χ3v) is 2.42. The van der Waals surface area contributed by atoms with Crippen LogP contribution in [0.15, 0.2) is 0 Å². The standard InChI is InChI=1S/C10H20N2O4.2C2H6/c13-6-4-11-5-7-15-16-10(14)9-2-1-3-12-8-9;2*1-2/h9,11-13H,1-8H2;2*1-2H3. The number of nitrogens with one attached hydrogen (secondary N) is 2. The number of piperidine rings is 1. The van der Waals surface area contributed by atoms with Crippen molar-refractivity contribution >= 4 is 5.97 Å². The molecule has 0 saturated carbocycles. The molecular formula is C14H32N2O4. The lowest BCUT2D eigenvalue weighted by Gasteiger charge is -2.20. The van der Waals surface area contributed by atoms with E-state index in [0.29, 0.717) is 26.2 Å². The van der Waals surface area contributed by atoms with Gasteiger partial charge in [0, 0.05) is 19.6 Å². The lowest BCUT2D eigenvalue weighted by atomic mass is 10.0. The van der Waals surface area contributed by atoms with Gasteiger partial charge < -0.3 is 15.7 Å². The molecule has 20 heavy (non-hydrogen) atoms. The Kier molecular flexibility index (Phi) is 19.8. The van der Waals surface area contributed by atoms with Crippen molar-refractivity contribution in [1.29, 1.82) is 0 Å². The zero-order valence-corrected chi connectivity index (χ0v) is 13.4. The minimum Gasteiger partial charge on any atom is -0.395 e. The Bertz CT molecular complexity index is 198. The average molecular weight is 292 g/mol. The fourth-order valence-electron chi connectivity index (χ4n) is 1.54. The van der Waals surface area contributed by atoms with E-state index in [9.17, 15) is 4.79 Å². The smallest absolute Gasteiger partial charge is 0.346 e. The predicted octanol–water partition coefficient (Wildman–Crippen LogP) is 1.10. The number of aliphatic hydroxyl groups is 1. The van der Waals surface area contributed by atoms with Crippen LogP contribution in [0.2, 0.25) is 0 Å². The summed E-state index contributed by atoms with van der Waals surface area (Å²) in [6.45, 7) is 11.1. The van der Waals surface area contributed by atoms with E-state index in [1.807, 2.05) is 27.7 Å². The fraction of sp³-hybridized carbons (Fsp3) is 0.929. The van der Waals surface area contributed by atoms with Gasteiger partial charge in [-0.15, -0.1) is 0 Å². The Balaban J connectivity index is 0. The van der Waals surface area contributed by atoms with Crippen molar-refractivity contribution in [1.82, 2.24) is 10.6 Å². The van der Waals surface area contributed by atoms with Crippen LogP contribution in [0.1, 0.15) is 40.5 Å². The van der Waals surface area contributed by atoms with E-state index in [1.165, 1.54) is 0 Å². The predicted molar refractivity (Wildman–Crippen MR) is 80.3 cm³/mol. The molecule has 1 fully saturated rings. The Morgan fingerprint density at radius 1 is 1.30 bits per heavy atom. The summed E-state index contributed by atoms with van der Waals surface area (Å²) in [4.78, 5) is 20.9. The average Bonchev–Trinajstić information content (AvgIpc) is 2.55. The van der Waals surface area contributed by atoms with Gasteiger partial charge >= 0.3 is 5.97 Å². The Morgan fingerprint density at radius 2 is 2.00 bits per heavy atom. The maximum absolute atomic E-state index is 11.4. The second kappa shape index (κ2) is 18.3. The van der Waals surface area contributed by atoms with Gasteiger partial charge in [-0.3, -0.25) is 4.89 Å². The number of hydrogen-bond acceptors (Lipinski definition) is 6. The molecule has 122 valence electrons. The SMILES string of the molecule is CC.CC.O=C(OOCCNCCO)C1CCCNC1. The first kappa shape index (κ1) is 21.6. The second-order valence-corrected chi connectivity index (χ2v) is 3.74. The number of aliphatic hydroxyl groups excluding tert-OH is 1. The largest absolute Gasteiger partial charge is 0.395 e. The zero-order chi connectivity index (χ0) is 15.6. The van der Waals surface area contributed by atoms with Gasteiger partial charge in [-0.25, -0.2) is 4.79 Å². The first-order valence-electron chi connectivity index (χ1n) is 7.70. The molecule has 1 saturated heterocycles. The Morgan fingerprint density at radius 3 is 2.55 bits per heavy atom. The molecule has 1 rings (SSSR count). The molecule has 0 bridgehead atoms. The lowest BCUT2D eigenvalue weighted by molar-refractivity contribution is -0.275. The first-order chi connectivity index (χ1) is 9.84. The fourth-order valence-corrected chi connectivity index (χ4v) is 1.54. The van der Waals surface area contributed by atoms with E-state index in [-0.39, 0.29) is 18.5 Å². The Hall–Kier alpha value is -0.690. The van der Waals surface area contributed by atoms with Gasteiger partial charge in [0.15, 0.2) is 0 Å². The van der Waals surface area contributed by atoms with Crippen LogP contribution >= 0.6 is 0 Å². The summed E-state index contributed by atoms with van der Waals surface area (Å²) in [6, 6.07) is 0. The van der Waals surface area contributed by atoms with Crippen LogP contribution in [0, 0.1) is 5.92 Å². The molecule has 0 aromatic heterocycles. The van der Waals surface area contributed by atoms with Crippen molar-refractivity contribution < 1.29 is 19.7 Å². The van der Waals surface area contributed by atoms with Crippen LogP contribution in [-0.2, 0) is 14.6 Å². The minimum atomic E-state index is -0.297. The lowest BCUT2D eigenvalue weighted by Crippen LogP contribution is -2.35. The molecular weight excluding hydrogens is 260 g/mol. The maximum atomic E-state index is 11.4. The number of rotatable bonds is 7. The van der Waals surface area contributed by atoms with Gasteiger partial charge in [0.05, 0.1) is 12.5 Å². The van der Waals surface area contributed by atoms with Crippen LogP contribution in [0.5, 0.6) is 0 Å². The van der Waals surface area contributed by atoms with Crippen molar-refractivity contribution in [3.8, 4) is 0 Å². The number of hydrogen-bond donors (Lipinski definition) is 3. The topological polar surface area (TPSA) is 79.8 Å². The van der Waals surface area contributed by atoms with E-state index in [2.05, 4.69) is 15.5 Å². The summed E-state index contributed by atoms with van der Waals surface area (Å²) in [5.41, 5.74) is 0. The van der Waals surface area contributed by atoms with Crippen LogP contribution in [-0.4, -0.2) is 50.5 Å². The highest BCUT2D eigenvalue weighted by Crippen LogP contribution is 2.11. The van der Waals surface area contributed by atoms with Crippen molar-refractivity contribution in [2.45, 2.75) is 40.5 Å². The minimum absolute atomic E-state index is 0.0841. The van der Waals surface area contributed by atoms with Gasteiger partial charge in [0.25, 0.3) is 0 Å². The summed E-state index contributed by atoms with van der Waals surface area (Å²) in [6.07, 6.45) is 1.86. The summed E-state index contributed by atoms with van der Waals surface area (Å²) < 4.78 is 0. The molecule has 1 unspecified atom stereocenters. The Labute approximate surface area is 123 Å². The van der Waals surface area contributed by atoms with Gasteiger partial charge in [-0.05, 0) is 19.4 Å². The quantitative estimate of drug-likeness (QED) is 0.370. The van der Waals surface area contributed by atoms with Crippen LogP contribution < -0.4 is 10.6 Å². The summed E-state index contributed by atoms with van der Waals surface area (Å²) in [5, 5.41) is 14.5. The first-order valence-corrected chi connectivity index (χ1v) is 7.70. The van der Waals surface area contributed by atoms with E-state index in [1.54, 1.807) is 0 Å². The van der Waals surface area contributed by atoms with E-state index >= 15 is 0 Å². The number of carbonyl (C=O) groups excluding carboxylic acids is 1. The highest BCUT2D eigenvalue weighted by molar-refractivity contribution is 5.72. The normalized spacial score (nSPS) is 17.1. The highest BCUT2D eigenvalue weighted by atomic mass is 17.2. The van der Waals surface area contributed by atoms with E-state index in [4.69, 9.17) is 9.99 Å². The summed E-state index contributed by atoms with van der Waals surface area (Å²) in [7, 11) is 0. The molecule has 0 amide bonds. The zero-order valence-electron chi connectivity index (χ0n) is 13.4. The molecule has 0 spiro atoms. The van der Waals surface area contributed by atoms with Crippen molar-refractivity contribution in [2.24, 2.45) is 5.92 Å². The van der Waals surface area contributed by atoms with Crippen LogP contribution in [0.3, 0.4) is 0 Å². The van der Waals surface area contributed by atoms with E-state index in [0.717, 1.165) is 19.4 Å². The van der Waals surface area contributed by atoms with Crippen molar-refractivity contribution in [2.75, 3.05) is 39.4 Å². The van der Waals surface area contributed by atoms with Crippen molar-refractivity contribution in [3.63, 3.8) is 0 Å². The molecule has 0 aromatic rings. The molecule has 0 aliphatic carbocycles. The molecule has 0 aromatic carbocycles. The molecule has 6 nitrogen and oxygen atoms in total. The van der Waals surface area contributed by atoms with Gasteiger partial charge in [-0.2, -0.15) is 4.89 Å². The molecule has 1 aliphatic rings. The molecule has 0 radical (unpaired) electrons. The molecule has 1 heterocycles. The monoisotopic (exact) mass is 292 g/mol. The van der Waals surface area contributed by atoms with Crippen LogP contribution in [0.25, 0.3) is 0 Å². The molecule has 1 atom stereocenters. The van der Waals surface area contributed by atoms with E-state index < -0.39 is 0 Å². The summed E-state index contributed by atoms with van der Waals surface area (Å²) >= 11 is 0. The van der Waals surface area contributed by atoms with Crippen molar-refractivity contribution in [3.05, 3.63) is 0 Å². The highest BCUT2D eigenvalue weighted by Gasteiger charge is 2.23. The maximum Gasteiger partial charge on any atom is 0.346 e. The van der Waals surface area contributed by atoms with Gasteiger partial charge in [0.2, 0.25) is 0 Å². The summed E-state index contributed by atoms with van der Waals surface area (Å²) in [5.74, 6) is -0.381. The third kappa shape index (κ3) is 12.3. The molecule has 1 aliphatic heterocycles. The van der Waals surface area contributed by atoms with Gasteiger partial charge in [-0.1, -0.05) is 27.7 Å². The van der Waals surface area contributed by atoms with Crippen LogP contribution in [0.4, 0.5) is 0 Å². The third-order valence-electron chi connectivity index (χ3n) is 2.42. The molecule has 3 N–H and O–H groups in total. The second-order valence-electron chi connectivity index (χ2n) is 3.74. The number of carbonyl (C=O) groups is 1.